The van der Waals surface area contributed by atoms with Crippen LogP contribution in [-0.2, 0) is 75.1 Å². The Morgan fingerprint density at radius 3 is 1.55 bits per heavy atom. The lowest BCUT2D eigenvalue weighted by atomic mass is 9.96. The number of para-hydroxylation sites is 1. The van der Waals surface area contributed by atoms with Crippen LogP contribution in [0.3, 0.4) is 0 Å². The van der Waals surface area contributed by atoms with E-state index < -0.39 is 185 Å². The Hall–Kier alpha value is -8.46. The average Bonchev–Trinajstić information content (AvgIpc) is 1.74. The number of aliphatic hydroxyl groups excluding tert-OH is 1. The predicted octanol–water partition coefficient (Wildman–Crippen LogP) is 2.57. The van der Waals surface area contributed by atoms with E-state index in [0.29, 0.717) is 11.1 Å². The molecular weight excluding hydrogens is 1270 g/mol. The number of H-pyrrole nitrogens is 1. The molecule has 14 atom stereocenters. The number of fused-ring (bicyclic) bond motifs is 1. The zero-order valence-electron chi connectivity index (χ0n) is 62.1. The fourth-order valence-electron chi connectivity index (χ4n) is 12.1. The molecule has 3 aromatic rings. The van der Waals surface area contributed by atoms with E-state index in [0.717, 1.165) is 27.8 Å². The Labute approximate surface area is 584 Å². The van der Waals surface area contributed by atoms with Crippen molar-refractivity contribution in [3.05, 3.63) is 71.9 Å². The van der Waals surface area contributed by atoms with Gasteiger partial charge in [-0.1, -0.05) is 145 Å². The summed E-state index contributed by atoms with van der Waals surface area (Å²) in [4.78, 5) is 186. The molecule has 0 aliphatic carbocycles. The number of cyclic esters (lactones) is 1. The van der Waals surface area contributed by atoms with Gasteiger partial charge in [-0.25, -0.2) is 4.79 Å². The van der Waals surface area contributed by atoms with Crippen LogP contribution in [0.5, 0.6) is 0 Å². The first-order valence-corrected chi connectivity index (χ1v) is 34.5. The summed E-state index contributed by atoms with van der Waals surface area (Å²) in [6.07, 6.45) is -1.77. The van der Waals surface area contributed by atoms with Gasteiger partial charge in [-0.2, -0.15) is 0 Å². The van der Waals surface area contributed by atoms with Gasteiger partial charge in [-0.3, -0.25) is 52.7 Å². The molecule has 0 bridgehead atoms. The molecule has 1 saturated heterocycles. The molecule has 4 rings (SSSR count). The van der Waals surface area contributed by atoms with Crippen LogP contribution < -0.4 is 42.5 Å². The molecule has 0 unspecified atom stereocenters. The van der Waals surface area contributed by atoms with Gasteiger partial charge >= 0.3 is 5.97 Å². The van der Waals surface area contributed by atoms with Crippen LogP contribution in [-0.4, -0.2) is 221 Å². The zero-order chi connectivity index (χ0) is 74.9. The van der Waals surface area contributed by atoms with Gasteiger partial charge in [-0.05, 0) is 92.9 Å². The molecule has 99 heavy (non-hydrogen) atoms. The van der Waals surface area contributed by atoms with Gasteiger partial charge < -0.3 is 77.0 Å². The van der Waals surface area contributed by atoms with Gasteiger partial charge in [0.05, 0.1) is 12.1 Å². The van der Waals surface area contributed by atoms with Crippen molar-refractivity contribution in [2.45, 2.75) is 222 Å². The highest BCUT2D eigenvalue weighted by Crippen LogP contribution is 2.24. The van der Waals surface area contributed by atoms with Crippen molar-refractivity contribution in [2.24, 2.45) is 41.4 Å². The maximum atomic E-state index is 15.3. The number of likely N-dealkylation sites (N-methyl/N-ethyl adjacent to an activating group) is 5. The molecule has 2 heterocycles. The fraction of sp³-hybridized carbons (Fsp3) is 0.639. The number of nitrogens with one attached hydrogen (secondary N) is 9. The number of aromatic amines is 1. The number of ether oxygens (including phenoxy) is 1. The minimum absolute atomic E-state index is 0.0671. The highest BCUT2D eigenvalue weighted by Gasteiger charge is 2.45. The van der Waals surface area contributed by atoms with E-state index in [-0.39, 0.29) is 31.1 Å². The Bertz CT molecular complexity index is 3300. The van der Waals surface area contributed by atoms with E-state index in [4.69, 9.17) is 4.74 Å². The van der Waals surface area contributed by atoms with Crippen molar-refractivity contribution in [2.75, 3.05) is 35.2 Å². The standard InChI is InChI=1S/C72H113N13O14/c1-36(2)32-51-62(88)78-56(40(9)10)69(95)82(19)43(15)68(94)83(20)52(34-47-35-74-49-31-27-26-30-48(47)49)63(89)76-54(38(5)6)65(91)75-50(33-46-28-24-23-25-29-46)61(87)80-58(42(13)14)72(98)99-45(17)59(81-66(92)55(39(7)8)77-64(90)53(73-18)37(3)4)71(97)85(22)60(44(16)86)67(93)79-57(41(11)12)70(96)84(51)21/h23-31,35-45,50-60,73-74,86H,32-34H2,1-22H3,(H,75,91)(H,76,89)(H,77,90)(H,78,88)(H,79,93)(H,80,87)(H,81,92)/t43-,44+,45+,50-,51-,52-,53-,54-,55-,56-,57-,58-,59-,60-/m0/s1. The van der Waals surface area contributed by atoms with E-state index >= 15 is 14.4 Å². The van der Waals surface area contributed by atoms with E-state index in [1.165, 1.54) is 51.7 Å². The molecule has 1 fully saturated rings. The summed E-state index contributed by atoms with van der Waals surface area (Å²) in [6, 6.07) is -0.603. The number of carbonyl (C=O) groups is 12. The SMILES string of the molecule is CN[C@H](C(=O)N[C@H](C(=O)N[C@@H]1C(=O)N(C)[C@@H]([C@@H](C)O)C(=O)N[C@@H](C(C)C)C(=O)N(C)[C@@H](CC(C)C)C(=O)N[C@@H](C(C)C)C(=O)N(C)[C@@H](C)C(=O)N(C)[C@@H](Cc2c[nH]c3ccccc23)C(=O)N[C@@H](C(C)C)C(=O)N[C@@H](Cc2ccccc2)C(=O)N[C@@H](C(C)C)C(=O)O[C@@H]1C)C(C)C)C(C)C. The summed E-state index contributed by atoms with van der Waals surface area (Å²) in [5.74, 6) is -13.7. The van der Waals surface area contributed by atoms with Crippen molar-refractivity contribution in [3.63, 3.8) is 0 Å². The van der Waals surface area contributed by atoms with Gasteiger partial charge in [-0.15, -0.1) is 0 Å². The second kappa shape index (κ2) is 37.1. The number of rotatable bonds is 18. The summed E-state index contributed by atoms with van der Waals surface area (Å²) < 4.78 is 6.08. The van der Waals surface area contributed by atoms with Crippen LogP contribution >= 0.6 is 0 Å². The number of amides is 11. The van der Waals surface area contributed by atoms with E-state index in [1.807, 2.05) is 38.1 Å². The minimum atomic E-state index is -1.89. The lowest BCUT2D eigenvalue weighted by Gasteiger charge is -2.38. The first kappa shape index (κ1) is 83.0. The molecule has 10 N–H and O–H groups in total. The first-order chi connectivity index (χ1) is 46.2. The summed E-state index contributed by atoms with van der Waals surface area (Å²) in [5, 5.41) is 34.6. The van der Waals surface area contributed by atoms with Crippen LogP contribution in [0.25, 0.3) is 10.9 Å². The monoisotopic (exact) mass is 1380 g/mol. The van der Waals surface area contributed by atoms with Gasteiger partial charge in [0.2, 0.25) is 65.0 Å². The number of benzene rings is 2. The van der Waals surface area contributed by atoms with Gasteiger partial charge in [0.15, 0.2) is 0 Å². The fourth-order valence-corrected chi connectivity index (χ4v) is 12.1. The van der Waals surface area contributed by atoms with Crippen molar-refractivity contribution >= 4 is 81.9 Å². The molecule has 0 radical (unpaired) electrons. The van der Waals surface area contributed by atoms with Gasteiger partial charge in [0.25, 0.3) is 0 Å². The maximum Gasteiger partial charge on any atom is 0.329 e. The third-order valence-corrected chi connectivity index (χ3v) is 18.5. The molecular formula is C72H113N13O14. The van der Waals surface area contributed by atoms with Crippen LogP contribution in [0, 0.1) is 41.4 Å². The molecule has 11 amide bonds. The number of aliphatic hydroxyl groups is 1. The Morgan fingerprint density at radius 2 is 1.02 bits per heavy atom. The maximum absolute atomic E-state index is 15.3. The number of aromatic nitrogens is 1. The average molecular weight is 1380 g/mol. The summed E-state index contributed by atoms with van der Waals surface area (Å²) >= 11 is 0. The lowest BCUT2D eigenvalue weighted by Crippen LogP contribution is -2.65. The van der Waals surface area contributed by atoms with Gasteiger partial charge in [0, 0.05) is 58.1 Å². The van der Waals surface area contributed by atoms with E-state index in [9.17, 15) is 48.3 Å². The van der Waals surface area contributed by atoms with E-state index in [2.05, 4.69) is 47.5 Å². The molecule has 0 saturated carbocycles. The van der Waals surface area contributed by atoms with Crippen LogP contribution in [0.2, 0.25) is 0 Å². The van der Waals surface area contributed by atoms with Crippen LogP contribution in [0.1, 0.15) is 135 Å². The number of carbonyl (C=O) groups excluding carboxylic acids is 12. The van der Waals surface area contributed by atoms with Crippen molar-refractivity contribution in [3.8, 4) is 0 Å². The second-order valence-corrected chi connectivity index (χ2v) is 28.9. The van der Waals surface area contributed by atoms with Crippen LogP contribution in [0.4, 0.5) is 0 Å². The number of esters is 1. The number of nitrogens with zero attached hydrogens (tertiary/aromatic N) is 4. The topological polar surface area (TPSA) is 359 Å². The van der Waals surface area contributed by atoms with Crippen molar-refractivity contribution in [1.82, 2.24) is 67.1 Å². The van der Waals surface area contributed by atoms with Crippen molar-refractivity contribution in [1.29, 1.82) is 0 Å². The zero-order valence-corrected chi connectivity index (χ0v) is 62.1. The Kier molecular flexibility index (Phi) is 31.1. The molecule has 1 aromatic heterocycles. The molecule has 2 aromatic carbocycles. The summed E-state index contributed by atoms with van der Waals surface area (Å²) in [5.41, 5.74) is 1.98. The predicted molar refractivity (Wildman–Crippen MR) is 376 cm³/mol. The number of hydrogen-bond donors (Lipinski definition) is 10. The Balaban J connectivity index is 1.99. The quantitative estimate of drug-likeness (QED) is 0.0819. The molecule has 27 heteroatoms. The largest absolute Gasteiger partial charge is 0.458 e. The summed E-state index contributed by atoms with van der Waals surface area (Å²) in [6.45, 7) is 27.8. The third kappa shape index (κ3) is 21.8. The van der Waals surface area contributed by atoms with Crippen molar-refractivity contribution < 1.29 is 67.4 Å². The highest BCUT2D eigenvalue weighted by atomic mass is 16.5. The lowest BCUT2D eigenvalue weighted by molar-refractivity contribution is -0.160. The smallest absolute Gasteiger partial charge is 0.329 e. The van der Waals surface area contributed by atoms with Gasteiger partial charge in [0.1, 0.15) is 72.6 Å². The molecule has 0 spiro atoms. The molecule has 1 aliphatic heterocycles. The van der Waals surface area contributed by atoms with Crippen LogP contribution in [0.15, 0.2) is 60.8 Å². The molecule has 27 nitrogen and oxygen atoms in total. The van der Waals surface area contributed by atoms with E-state index in [1.54, 1.807) is 127 Å². The minimum Gasteiger partial charge on any atom is -0.458 e. The molecule has 1 aliphatic rings. The highest BCUT2D eigenvalue weighted by molar-refractivity contribution is 6.00. The molecule has 550 valence electrons. The first-order valence-electron chi connectivity index (χ1n) is 34.5. The Morgan fingerprint density at radius 1 is 0.525 bits per heavy atom. The number of hydrogen-bond acceptors (Lipinski definition) is 15. The normalized spacial score (nSPS) is 25.2. The second-order valence-electron chi connectivity index (χ2n) is 28.9. The third-order valence-electron chi connectivity index (χ3n) is 18.5. The summed E-state index contributed by atoms with van der Waals surface area (Å²) in [7, 11) is 6.93.